The van der Waals surface area contributed by atoms with Gasteiger partial charge in [0.2, 0.25) is 0 Å². The molecule has 0 aliphatic carbocycles. The average molecular weight is 502 g/mol. The minimum atomic E-state index is -3.96. The minimum Gasteiger partial charge on any atom is -0.493 e. The van der Waals surface area contributed by atoms with Crippen LogP contribution in [0.4, 0.5) is 11.5 Å². The first-order valence-corrected chi connectivity index (χ1v) is 12.0. The minimum absolute atomic E-state index is 0.000723. The van der Waals surface area contributed by atoms with E-state index in [-0.39, 0.29) is 16.3 Å². The highest BCUT2D eigenvalue weighted by atomic mass is 32.2. The summed E-state index contributed by atoms with van der Waals surface area (Å²) in [7, 11) is 2.27. The Hall–Kier alpha value is -3.84. The van der Waals surface area contributed by atoms with Crippen molar-refractivity contribution in [2.45, 2.75) is 24.3 Å². The van der Waals surface area contributed by atoms with Crippen LogP contribution in [0.1, 0.15) is 19.5 Å². The van der Waals surface area contributed by atoms with Crippen LogP contribution >= 0.6 is 0 Å². The largest absolute Gasteiger partial charge is 0.493 e. The highest BCUT2D eigenvalue weighted by Gasteiger charge is 2.24. The van der Waals surface area contributed by atoms with E-state index >= 15 is 0 Å². The van der Waals surface area contributed by atoms with Crippen LogP contribution in [0.5, 0.6) is 11.5 Å². The summed E-state index contributed by atoms with van der Waals surface area (Å²) >= 11 is 0. The Kier molecular flexibility index (Phi) is 6.07. The lowest BCUT2D eigenvalue weighted by atomic mass is 10.1. The maximum Gasteiger partial charge on any atom is 0.265 e. The summed E-state index contributed by atoms with van der Waals surface area (Å²) in [6, 6.07) is 3.34. The summed E-state index contributed by atoms with van der Waals surface area (Å²) in [5.41, 5.74) is 1.13. The van der Waals surface area contributed by atoms with Crippen molar-refractivity contribution in [2.24, 2.45) is 7.05 Å². The molecule has 0 atom stereocenters. The number of anilines is 2. The molecule has 0 saturated heterocycles. The van der Waals surface area contributed by atoms with Crippen LogP contribution in [-0.2, 0) is 22.7 Å². The predicted octanol–water partition coefficient (Wildman–Crippen LogP) is 2.22. The Balaban J connectivity index is 1.91. The second-order valence-electron chi connectivity index (χ2n) is 8.34. The molecule has 0 spiro atoms. The first-order valence-electron chi connectivity index (χ1n) is 10.5. The molecule has 4 aromatic rings. The molecular formula is C22H27N7O5S. The van der Waals surface area contributed by atoms with Crippen molar-refractivity contribution >= 4 is 27.2 Å². The van der Waals surface area contributed by atoms with Gasteiger partial charge in [0.05, 0.1) is 43.7 Å². The van der Waals surface area contributed by atoms with E-state index in [9.17, 15) is 13.5 Å². The summed E-state index contributed by atoms with van der Waals surface area (Å²) in [6.45, 7) is 3.28. The van der Waals surface area contributed by atoms with E-state index in [4.69, 9.17) is 9.47 Å². The molecule has 0 aliphatic heterocycles. The van der Waals surface area contributed by atoms with Crippen LogP contribution in [-0.4, -0.2) is 58.9 Å². The van der Waals surface area contributed by atoms with Gasteiger partial charge in [0.1, 0.15) is 10.5 Å². The van der Waals surface area contributed by atoms with Crippen molar-refractivity contribution < 1.29 is 23.0 Å². The van der Waals surface area contributed by atoms with Gasteiger partial charge in [0.25, 0.3) is 10.0 Å². The lowest BCUT2D eigenvalue weighted by molar-refractivity contribution is 0.0735. The number of benzene rings is 1. The maximum absolute atomic E-state index is 13.0. The number of nitrogens with zero attached hydrogens (tertiary/aromatic N) is 5. The molecule has 0 radical (unpaired) electrons. The van der Waals surface area contributed by atoms with Crippen LogP contribution in [0.3, 0.4) is 0 Å². The van der Waals surface area contributed by atoms with Gasteiger partial charge in [-0.25, -0.2) is 18.4 Å². The molecule has 0 aliphatic rings. The fraction of sp³-hybridized carbons (Fsp3) is 0.318. The molecular weight excluding hydrogens is 474 g/mol. The molecule has 0 amide bonds. The van der Waals surface area contributed by atoms with Gasteiger partial charge < -0.3 is 19.9 Å². The first kappa shape index (κ1) is 24.3. The molecule has 0 fully saturated rings. The van der Waals surface area contributed by atoms with E-state index in [1.165, 1.54) is 31.3 Å². The molecule has 0 unspecified atom stereocenters. The third kappa shape index (κ3) is 4.47. The van der Waals surface area contributed by atoms with Crippen LogP contribution in [0.25, 0.3) is 16.9 Å². The van der Waals surface area contributed by atoms with Gasteiger partial charge in [-0.05, 0) is 26.0 Å². The van der Waals surface area contributed by atoms with E-state index in [1.807, 2.05) is 0 Å². The molecule has 3 aromatic heterocycles. The monoisotopic (exact) mass is 501 g/mol. The Morgan fingerprint density at radius 1 is 1.11 bits per heavy atom. The van der Waals surface area contributed by atoms with Gasteiger partial charge in [0, 0.05) is 32.1 Å². The molecule has 186 valence electrons. The number of ether oxygens (including phenoxy) is 2. The highest BCUT2D eigenvalue weighted by Crippen LogP contribution is 2.41. The Morgan fingerprint density at radius 3 is 2.43 bits per heavy atom. The molecule has 35 heavy (non-hydrogen) atoms. The summed E-state index contributed by atoms with van der Waals surface area (Å²) in [4.78, 5) is 8.95. The molecule has 3 heterocycles. The number of hydrogen-bond donors (Lipinski definition) is 3. The van der Waals surface area contributed by atoms with E-state index in [0.717, 1.165) is 0 Å². The van der Waals surface area contributed by atoms with E-state index in [0.29, 0.717) is 34.2 Å². The summed E-state index contributed by atoms with van der Waals surface area (Å²) in [5, 5.41) is 17.5. The van der Waals surface area contributed by atoms with Crippen molar-refractivity contribution in [3.05, 3.63) is 42.6 Å². The second kappa shape index (κ2) is 8.74. The topological polar surface area (TPSA) is 145 Å². The zero-order valence-corrected chi connectivity index (χ0v) is 21.0. The smallest absolute Gasteiger partial charge is 0.265 e. The van der Waals surface area contributed by atoms with Crippen molar-refractivity contribution in [1.29, 1.82) is 0 Å². The van der Waals surface area contributed by atoms with Gasteiger partial charge in [-0.15, -0.1) is 0 Å². The van der Waals surface area contributed by atoms with Crippen molar-refractivity contribution in [3.8, 4) is 22.8 Å². The zero-order valence-electron chi connectivity index (χ0n) is 20.2. The first-order chi connectivity index (χ1) is 16.5. The Morgan fingerprint density at radius 2 is 1.86 bits per heavy atom. The van der Waals surface area contributed by atoms with Crippen LogP contribution < -0.4 is 19.5 Å². The summed E-state index contributed by atoms with van der Waals surface area (Å²) in [5.74, 6) is 1.01. The lowest BCUT2D eigenvalue weighted by Gasteiger charge is -2.19. The number of nitrogens with one attached hydrogen (secondary N) is 2. The number of rotatable bonds is 8. The van der Waals surface area contributed by atoms with Crippen molar-refractivity contribution in [2.75, 3.05) is 31.3 Å². The molecule has 0 saturated carbocycles. The number of sulfonamides is 1. The van der Waals surface area contributed by atoms with Gasteiger partial charge in [-0.2, -0.15) is 5.10 Å². The molecule has 12 nitrogen and oxygen atoms in total. The average Bonchev–Trinajstić information content (AvgIpc) is 3.43. The summed E-state index contributed by atoms with van der Waals surface area (Å²) < 4.78 is 42.7. The molecule has 3 N–H and O–H groups in total. The quantitative estimate of drug-likeness (QED) is 0.331. The number of aliphatic hydroxyl groups is 1. The second-order valence-corrected chi connectivity index (χ2v) is 10.0. The zero-order chi connectivity index (χ0) is 25.5. The number of aromatic nitrogens is 5. The van der Waals surface area contributed by atoms with Crippen molar-refractivity contribution in [1.82, 2.24) is 24.1 Å². The van der Waals surface area contributed by atoms with Gasteiger partial charge in [-0.3, -0.25) is 13.8 Å². The lowest BCUT2D eigenvalue weighted by Crippen LogP contribution is -2.19. The standard InChI is InChI=1S/C22H27N7O5S/c1-22(2,30)18-12-29-16(10-24-21(29)20(23-3)26-18)13-7-15(19(34-6)17(8-13)33-5)27-35(31,32)14-9-25-28(4)11-14/h7-12,27,30H,1-6H3,(H,23,26). The van der Waals surface area contributed by atoms with Gasteiger partial charge >= 0.3 is 0 Å². The van der Waals surface area contributed by atoms with Crippen LogP contribution in [0, 0.1) is 0 Å². The third-order valence-electron chi connectivity index (χ3n) is 5.37. The van der Waals surface area contributed by atoms with E-state index in [1.54, 1.807) is 56.9 Å². The van der Waals surface area contributed by atoms with E-state index in [2.05, 4.69) is 25.1 Å². The third-order valence-corrected chi connectivity index (χ3v) is 6.69. The SMILES string of the molecule is CNc1nc(C(C)(C)O)cn2c(-c3cc(NS(=O)(=O)c4cnn(C)c4)c(OC)c(OC)c3)cnc12. The van der Waals surface area contributed by atoms with Crippen LogP contribution in [0.15, 0.2) is 41.8 Å². The number of hydrogen-bond acceptors (Lipinski definition) is 9. The number of aryl methyl sites for hydroxylation is 1. The Bertz CT molecular complexity index is 1500. The number of imidazole rings is 1. The fourth-order valence-corrected chi connectivity index (χ4v) is 4.63. The molecule has 0 bridgehead atoms. The maximum atomic E-state index is 13.0. The number of methoxy groups -OCH3 is 2. The highest BCUT2D eigenvalue weighted by molar-refractivity contribution is 7.92. The van der Waals surface area contributed by atoms with Crippen LogP contribution in [0.2, 0.25) is 0 Å². The van der Waals surface area contributed by atoms with Gasteiger partial charge in [-0.1, -0.05) is 0 Å². The van der Waals surface area contributed by atoms with Crippen molar-refractivity contribution in [3.63, 3.8) is 0 Å². The predicted molar refractivity (Wildman–Crippen MR) is 130 cm³/mol. The van der Waals surface area contributed by atoms with E-state index < -0.39 is 15.6 Å². The summed E-state index contributed by atoms with van der Waals surface area (Å²) in [6.07, 6.45) is 5.97. The number of fused-ring (bicyclic) bond motifs is 1. The molecule has 1 aromatic carbocycles. The normalized spacial score (nSPS) is 12.1. The molecule has 4 rings (SSSR count). The van der Waals surface area contributed by atoms with Gasteiger partial charge in [0.15, 0.2) is 23.0 Å². The fourth-order valence-electron chi connectivity index (χ4n) is 3.59. The Labute approximate surface area is 202 Å². The molecule has 13 heteroatoms.